The van der Waals surface area contributed by atoms with E-state index in [1.54, 1.807) is 0 Å². The second kappa shape index (κ2) is 5.18. The van der Waals surface area contributed by atoms with Gasteiger partial charge in [0.1, 0.15) is 0 Å². The molecule has 1 saturated heterocycles. The summed E-state index contributed by atoms with van der Waals surface area (Å²) in [6, 6.07) is 9.76. The van der Waals surface area contributed by atoms with Gasteiger partial charge in [-0.3, -0.25) is 0 Å². The second-order valence-corrected chi connectivity index (χ2v) is 4.95. The molecular weight excluding hydrogens is 249 g/mol. The molecule has 6 heteroatoms. The van der Waals surface area contributed by atoms with Gasteiger partial charge in [0.2, 0.25) is 0 Å². The molecule has 17 heavy (non-hydrogen) atoms. The third kappa shape index (κ3) is 3.81. The Morgan fingerprint density at radius 3 is 2.06 bits per heavy atom. The number of alkyl halides is 3. The zero-order valence-corrected chi connectivity index (χ0v) is 9.97. The lowest BCUT2D eigenvalue weighted by molar-refractivity contribution is -0.0363. The van der Waals surface area contributed by atoms with E-state index < -0.39 is 5.51 Å². The maximum Gasteiger partial charge on any atom is 0.456 e. The Hall–Kier alpha value is -0.880. The second-order valence-electron chi connectivity index (χ2n) is 3.79. The molecule has 1 aliphatic rings. The number of rotatable bonds is 2. The summed E-state index contributed by atoms with van der Waals surface area (Å²) in [6.45, 7) is 2.12. The van der Waals surface area contributed by atoms with Crippen LogP contribution >= 0.6 is 11.9 Å². The first-order chi connectivity index (χ1) is 8.04. The standard InChI is InChI=1S/C11H13F3N2S/c12-11(13,14)17-16-8-6-15(7-9-16)10-4-2-1-3-5-10/h1-5H,6-9H2. The number of hydrogen-bond acceptors (Lipinski definition) is 3. The number of hydrogen-bond donors (Lipinski definition) is 0. The lowest BCUT2D eigenvalue weighted by Crippen LogP contribution is -2.44. The van der Waals surface area contributed by atoms with E-state index in [0.717, 1.165) is 5.69 Å². The minimum Gasteiger partial charge on any atom is -0.369 e. The van der Waals surface area contributed by atoms with Crippen LogP contribution in [0.5, 0.6) is 0 Å². The van der Waals surface area contributed by atoms with Crippen molar-refractivity contribution in [1.82, 2.24) is 4.31 Å². The Labute approximate surface area is 103 Å². The van der Waals surface area contributed by atoms with E-state index >= 15 is 0 Å². The highest BCUT2D eigenvalue weighted by atomic mass is 32.2. The maximum atomic E-state index is 12.2. The molecule has 2 rings (SSSR count). The summed E-state index contributed by atoms with van der Waals surface area (Å²) in [7, 11) is 0. The molecule has 1 fully saturated rings. The van der Waals surface area contributed by atoms with Crippen molar-refractivity contribution in [2.75, 3.05) is 31.1 Å². The lowest BCUT2D eigenvalue weighted by Gasteiger charge is -2.35. The number of piperazine rings is 1. The highest BCUT2D eigenvalue weighted by molar-refractivity contribution is 7.97. The minimum atomic E-state index is -4.17. The molecule has 0 atom stereocenters. The van der Waals surface area contributed by atoms with E-state index in [4.69, 9.17) is 0 Å². The fourth-order valence-electron chi connectivity index (χ4n) is 1.82. The molecule has 0 unspecified atom stereocenters. The Morgan fingerprint density at radius 2 is 1.53 bits per heavy atom. The van der Waals surface area contributed by atoms with Crippen LogP contribution in [0.1, 0.15) is 0 Å². The van der Waals surface area contributed by atoms with Gasteiger partial charge in [0, 0.05) is 43.8 Å². The fraction of sp³-hybridized carbons (Fsp3) is 0.455. The molecule has 94 valence electrons. The first-order valence-electron chi connectivity index (χ1n) is 5.35. The zero-order chi connectivity index (χ0) is 12.3. The summed E-state index contributed by atoms with van der Waals surface area (Å²) in [5.41, 5.74) is -3.10. The van der Waals surface area contributed by atoms with Crippen LogP contribution in [0.2, 0.25) is 0 Å². The van der Waals surface area contributed by atoms with Crippen molar-refractivity contribution >= 4 is 17.6 Å². The highest BCUT2D eigenvalue weighted by Crippen LogP contribution is 2.34. The van der Waals surface area contributed by atoms with E-state index in [2.05, 4.69) is 4.90 Å². The van der Waals surface area contributed by atoms with Gasteiger partial charge < -0.3 is 4.90 Å². The average Bonchev–Trinajstić information content (AvgIpc) is 2.29. The van der Waals surface area contributed by atoms with Gasteiger partial charge in [0.15, 0.2) is 0 Å². The van der Waals surface area contributed by atoms with Crippen LogP contribution in [0.15, 0.2) is 30.3 Å². The fourth-order valence-corrected chi connectivity index (χ4v) is 2.46. The molecule has 0 aromatic heterocycles. The van der Waals surface area contributed by atoms with Crippen molar-refractivity contribution in [3.8, 4) is 0 Å². The predicted octanol–water partition coefficient (Wildman–Crippen LogP) is 2.98. The maximum absolute atomic E-state index is 12.2. The molecule has 0 radical (unpaired) electrons. The summed E-state index contributed by atoms with van der Waals surface area (Å²) in [4.78, 5) is 2.10. The van der Waals surface area contributed by atoms with Crippen LogP contribution in [0.25, 0.3) is 0 Å². The molecular formula is C11H13F3N2S. The molecule has 0 saturated carbocycles. The summed E-state index contributed by atoms with van der Waals surface area (Å²) >= 11 is -0.0184. The van der Waals surface area contributed by atoms with E-state index in [1.807, 2.05) is 30.3 Å². The van der Waals surface area contributed by atoms with E-state index in [9.17, 15) is 13.2 Å². The smallest absolute Gasteiger partial charge is 0.369 e. The van der Waals surface area contributed by atoms with Gasteiger partial charge in [-0.05, 0) is 12.1 Å². The Morgan fingerprint density at radius 1 is 0.941 bits per heavy atom. The van der Waals surface area contributed by atoms with Crippen molar-refractivity contribution in [2.45, 2.75) is 5.51 Å². The number of halogens is 3. The van der Waals surface area contributed by atoms with Gasteiger partial charge in [0.25, 0.3) is 0 Å². The van der Waals surface area contributed by atoms with E-state index in [1.165, 1.54) is 4.31 Å². The largest absolute Gasteiger partial charge is 0.456 e. The summed E-state index contributed by atoms with van der Waals surface area (Å²) in [5, 5.41) is 0. The quantitative estimate of drug-likeness (QED) is 0.757. The first-order valence-corrected chi connectivity index (χ1v) is 6.13. The van der Waals surface area contributed by atoms with Crippen molar-refractivity contribution < 1.29 is 13.2 Å². The van der Waals surface area contributed by atoms with Crippen molar-refractivity contribution in [3.63, 3.8) is 0 Å². The van der Waals surface area contributed by atoms with Gasteiger partial charge in [-0.15, -0.1) is 0 Å². The Bertz CT molecular complexity index is 347. The summed E-state index contributed by atoms with van der Waals surface area (Å²) in [6.07, 6.45) is 0. The van der Waals surface area contributed by atoms with Crippen LogP contribution in [-0.4, -0.2) is 36.0 Å². The molecule has 1 heterocycles. The van der Waals surface area contributed by atoms with Crippen molar-refractivity contribution in [3.05, 3.63) is 30.3 Å². The lowest BCUT2D eigenvalue weighted by atomic mass is 10.2. The van der Waals surface area contributed by atoms with Crippen molar-refractivity contribution in [2.24, 2.45) is 0 Å². The molecule has 0 N–H and O–H groups in total. The van der Waals surface area contributed by atoms with Gasteiger partial charge in [-0.2, -0.15) is 13.2 Å². The number of benzene rings is 1. The molecule has 0 spiro atoms. The molecule has 1 aromatic rings. The third-order valence-electron chi connectivity index (χ3n) is 2.59. The van der Waals surface area contributed by atoms with Gasteiger partial charge >= 0.3 is 5.51 Å². The molecule has 0 bridgehead atoms. The monoisotopic (exact) mass is 262 g/mol. The normalized spacial score (nSPS) is 18.4. The third-order valence-corrected chi connectivity index (χ3v) is 3.42. The van der Waals surface area contributed by atoms with E-state index in [-0.39, 0.29) is 11.9 Å². The van der Waals surface area contributed by atoms with Crippen LogP contribution in [-0.2, 0) is 0 Å². The first kappa shape index (κ1) is 12.6. The van der Waals surface area contributed by atoms with E-state index in [0.29, 0.717) is 26.2 Å². The molecule has 1 aliphatic heterocycles. The summed E-state index contributed by atoms with van der Waals surface area (Å²) in [5.74, 6) is 0. The van der Waals surface area contributed by atoms with Gasteiger partial charge in [-0.25, -0.2) is 4.31 Å². The highest BCUT2D eigenvalue weighted by Gasteiger charge is 2.33. The molecule has 0 amide bonds. The van der Waals surface area contributed by atoms with Gasteiger partial charge in [0.05, 0.1) is 0 Å². The number of nitrogens with zero attached hydrogens (tertiary/aromatic N) is 2. The minimum absolute atomic E-state index is 0.0184. The predicted molar refractivity (Wildman–Crippen MR) is 63.9 cm³/mol. The van der Waals surface area contributed by atoms with Crippen LogP contribution in [0, 0.1) is 0 Å². The van der Waals surface area contributed by atoms with Crippen molar-refractivity contribution in [1.29, 1.82) is 0 Å². The Kier molecular flexibility index (Phi) is 3.83. The van der Waals surface area contributed by atoms with Gasteiger partial charge in [-0.1, -0.05) is 18.2 Å². The van der Waals surface area contributed by atoms with Crippen LogP contribution in [0.4, 0.5) is 18.9 Å². The summed E-state index contributed by atoms with van der Waals surface area (Å²) < 4.78 is 37.9. The van der Waals surface area contributed by atoms with Crippen LogP contribution < -0.4 is 4.90 Å². The molecule has 0 aliphatic carbocycles. The van der Waals surface area contributed by atoms with Crippen LogP contribution in [0.3, 0.4) is 0 Å². The SMILES string of the molecule is FC(F)(F)SN1CCN(c2ccccc2)CC1. The number of para-hydroxylation sites is 1. The zero-order valence-electron chi connectivity index (χ0n) is 9.15. The molecule has 1 aromatic carbocycles. The topological polar surface area (TPSA) is 6.48 Å². The Balaban J connectivity index is 1.86. The molecule has 2 nitrogen and oxygen atoms in total. The average molecular weight is 262 g/mol. The number of anilines is 1.